The van der Waals surface area contributed by atoms with E-state index in [1.54, 1.807) is 0 Å². The van der Waals surface area contributed by atoms with Crippen LogP contribution in [0.5, 0.6) is 0 Å². The summed E-state index contributed by atoms with van der Waals surface area (Å²) in [6, 6.07) is 0.370. The Hall–Kier alpha value is 0.130. The van der Waals surface area contributed by atoms with E-state index in [0.717, 1.165) is 6.42 Å². The second-order valence-electron chi connectivity index (χ2n) is 3.30. The molecule has 0 aromatic carbocycles. The molecule has 1 unspecified atom stereocenters. The average Bonchev–Trinajstić information content (AvgIpc) is 2.20. The number of hydrogen-bond donors (Lipinski definition) is 1. The van der Waals surface area contributed by atoms with Crippen LogP contribution in [0.15, 0.2) is 24.3 Å². The minimum Gasteiger partial charge on any atom is -0.315 e. The molecule has 0 aliphatic heterocycles. The highest BCUT2D eigenvalue weighted by Gasteiger charge is 2.23. The number of hydrogen-bond acceptors (Lipinski definition) is 2. The van der Waals surface area contributed by atoms with E-state index < -0.39 is 0 Å². The fourth-order valence-electron chi connectivity index (χ4n) is 1.47. The van der Waals surface area contributed by atoms with Gasteiger partial charge in [-0.1, -0.05) is 24.3 Å². The van der Waals surface area contributed by atoms with Gasteiger partial charge in [0.05, 0.1) is 6.10 Å². The topological polar surface area (TPSA) is 21.3 Å². The highest BCUT2D eigenvalue weighted by Crippen LogP contribution is 2.21. The Labute approximate surface area is 94.1 Å². The largest absolute Gasteiger partial charge is 0.315 e. The van der Waals surface area contributed by atoms with E-state index in [4.69, 9.17) is 3.07 Å². The molecule has 0 radical (unpaired) electrons. The van der Waals surface area contributed by atoms with Crippen LogP contribution in [0.25, 0.3) is 0 Å². The van der Waals surface area contributed by atoms with E-state index in [1.807, 2.05) is 30.1 Å². The maximum absolute atomic E-state index is 5.45. The predicted octanol–water partition coefficient (Wildman–Crippen LogP) is 2.46. The molecule has 0 aromatic heterocycles. The summed E-state index contributed by atoms with van der Waals surface area (Å²) in [6.07, 6.45) is 10.1. The summed E-state index contributed by atoms with van der Waals surface area (Å²) in [5.41, 5.74) is 0. The number of nitrogens with one attached hydrogen (secondary N) is 1. The Balaban J connectivity index is 2.59. The van der Waals surface area contributed by atoms with Crippen molar-refractivity contribution in [3.63, 3.8) is 0 Å². The molecular weight excluding hydrogens is 277 g/mol. The van der Waals surface area contributed by atoms with Gasteiger partial charge in [-0.15, -0.1) is 0 Å². The van der Waals surface area contributed by atoms with Crippen LogP contribution in [-0.4, -0.2) is 19.2 Å². The van der Waals surface area contributed by atoms with Gasteiger partial charge in [-0.05, 0) is 20.4 Å². The molecule has 0 aromatic rings. The number of halogens is 1. The molecule has 13 heavy (non-hydrogen) atoms. The van der Waals surface area contributed by atoms with Gasteiger partial charge < -0.3 is 8.38 Å². The summed E-state index contributed by atoms with van der Waals surface area (Å²) < 4.78 is 5.45. The molecule has 0 saturated heterocycles. The second kappa shape index (κ2) is 5.78. The van der Waals surface area contributed by atoms with Crippen molar-refractivity contribution in [3.8, 4) is 0 Å². The molecule has 2 atom stereocenters. The second-order valence-corrected chi connectivity index (χ2v) is 3.81. The summed E-state index contributed by atoms with van der Waals surface area (Å²) in [4.78, 5) is 0. The van der Waals surface area contributed by atoms with Gasteiger partial charge in [0.25, 0.3) is 0 Å². The van der Waals surface area contributed by atoms with E-state index in [-0.39, 0.29) is 6.10 Å². The first-order valence-electron chi connectivity index (χ1n) is 4.57. The van der Waals surface area contributed by atoms with Crippen molar-refractivity contribution >= 4 is 23.0 Å². The first-order chi connectivity index (χ1) is 6.29. The number of allylic oxidation sites excluding steroid dienone is 2. The molecule has 1 aliphatic carbocycles. The lowest BCUT2D eigenvalue weighted by Gasteiger charge is -2.26. The Morgan fingerprint density at radius 2 is 2.08 bits per heavy atom. The number of likely N-dealkylation sites (N-methyl/N-ethyl adjacent to an activating group) is 1. The molecule has 1 rings (SSSR count). The lowest BCUT2D eigenvalue weighted by atomic mass is 9.93. The summed E-state index contributed by atoms with van der Waals surface area (Å²) in [6.45, 7) is 2.14. The van der Waals surface area contributed by atoms with Gasteiger partial charge in [0, 0.05) is 12.0 Å². The van der Waals surface area contributed by atoms with Crippen molar-refractivity contribution in [2.45, 2.75) is 25.5 Å². The first-order valence-corrected chi connectivity index (χ1v) is 5.45. The van der Waals surface area contributed by atoms with Crippen molar-refractivity contribution in [1.29, 1.82) is 0 Å². The number of rotatable bonds is 4. The van der Waals surface area contributed by atoms with Gasteiger partial charge in [-0.25, -0.2) is 0 Å². The zero-order valence-electron chi connectivity index (χ0n) is 8.03. The fraction of sp³-hybridized carbons (Fsp3) is 0.600. The minimum atomic E-state index is 0.221. The van der Waals surface area contributed by atoms with Gasteiger partial charge in [-0.2, -0.15) is 0 Å². The standard InChI is InChI=1S/C10H16INO/c1-8(12-2)10(13-11)9-6-4-3-5-7-9/h4-10,12H,3H2,1-2H3/t8-,10?/m0/s1. The first kappa shape index (κ1) is 11.2. The van der Waals surface area contributed by atoms with Crippen LogP contribution in [-0.2, 0) is 3.07 Å². The lowest BCUT2D eigenvalue weighted by molar-refractivity contribution is 0.198. The van der Waals surface area contributed by atoms with Crippen LogP contribution in [0.3, 0.4) is 0 Å². The van der Waals surface area contributed by atoms with E-state index in [1.165, 1.54) is 0 Å². The van der Waals surface area contributed by atoms with Crippen LogP contribution in [0.2, 0.25) is 0 Å². The molecule has 0 heterocycles. The molecule has 0 spiro atoms. The van der Waals surface area contributed by atoms with Gasteiger partial charge in [0.15, 0.2) is 0 Å². The smallest absolute Gasteiger partial charge is 0.110 e. The molecular formula is C10H16INO. The lowest BCUT2D eigenvalue weighted by Crippen LogP contribution is -2.39. The summed E-state index contributed by atoms with van der Waals surface area (Å²) in [7, 11) is 1.96. The van der Waals surface area contributed by atoms with Crippen LogP contribution in [0.4, 0.5) is 0 Å². The van der Waals surface area contributed by atoms with Gasteiger partial charge in [0.1, 0.15) is 23.0 Å². The van der Waals surface area contributed by atoms with Crippen molar-refractivity contribution in [3.05, 3.63) is 24.3 Å². The van der Waals surface area contributed by atoms with Crippen molar-refractivity contribution in [2.75, 3.05) is 7.05 Å². The van der Waals surface area contributed by atoms with Crippen LogP contribution in [0, 0.1) is 5.92 Å². The molecule has 2 nitrogen and oxygen atoms in total. The predicted molar refractivity (Wildman–Crippen MR) is 63.8 cm³/mol. The Morgan fingerprint density at radius 3 is 2.54 bits per heavy atom. The SMILES string of the molecule is CN[C@@H](C)C(OI)C1C=CCC=C1. The maximum Gasteiger partial charge on any atom is 0.110 e. The Morgan fingerprint density at radius 1 is 1.46 bits per heavy atom. The molecule has 0 fully saturated rings. The molecule has 74 valence electrons. The van der Waals surface area contributed by atoms with Crippen molar-refractivity contribution in [1.82, 2.24) is 5.32 Å². The van der Waals surface area contributed by atoms with Gasteiger partial charge >= 0.3 is 0 Å². The Bertz CT molecular complexity index is 191. The maximum atomic E-state index is 5.45. The highest BCUT2D eigenvalue weighted by atomic mass is 127. The van der Waals surface area contributed by atoms with E-state index in [9.17, 15) is 0 Å². The zero-order valence-corrected chi connectivity index (χ0v) is 10.2. The van der Waals surface area contributed by atoms with Gasteiger partial charge in [0.2, 0.25) is 0 Å². The van der Waals surface area contributed by atoms with E-state index >= 15 is 0 Å². The summed E-state index contributed by atoms with van der Waals surface area (Å²) >= 11 is 1.98. The van der Waals surface area contributed by atoms with E-state index in [2.05, 4.69) is 36.5 Å². The summed E-state index contributed by atoms with van der Waals surface area (Å²) in [5.74, 6) is 0.410. The van der Waals surface area contributed by atoms with Gasteiger partial charge in [-0.3, -0.25) is 0 Å². The van der Waals surface area contributed by atoms with Crippen molar-refractivity contribution < 1.29 is 3.07 Å². The zero-order chi connectivity index (χ0) is 9.68. The third kappa shape index (κ3) is 3.07. The monoisotopic (exact) mass is 293 g/mol. The molecule has 0 amide bonds. The van der Waals surface area contributed by atoms with E-state index in [0.29, 0.717) is 12.0 Å². The van der Waals surface area contributed by atoms with Crippen molar-refractivity contribution in [2.24, 2.45) is 5.92 Å². The molecule has 1 aliphatic rings. The quantitative estimate of drug-likeness (QED) is 0.635. The molecule has 1 N–H and O–H groups in total. The van der Waals surface area contributed by atoms with Crippen LogP contribution in [0.1, 0.15) is 13.3 Å². The summed E-state index contributed by atoms with van der Waals surface area (Å²) in [5, 5.41) is 3.22. The van der Waals surface area contributed by atoms with Crippen LogP contribution >= 0.6 is 23.0 Å². The van der Waals surface area contributed by atoms with Crippen LogP contribution < -0.4 is 5.32 Å². The molecule has 3 heteroatoms. The molecule has 0 bridgehead atoms. The minimum absolute atomic E-state index is 0.221. The third-order valence-corrected chi connectivity index (χ3v) is 3.01. The highest BCUT2D eigenvalue weighted by molar-refractivity contribution is 14.1. The fourth-order valence-corrected chi connectivity index (χ4v) is 2.25. The Kier molecular flexibility index (Phi) is 4.98. The normalized spacial score (nSPS) is 21.8. The third-order valence-electron chi connectivity index (χ3n) is 2.42. The molecule has 0 saturated carbocycles. The average molecular weight is 293 g/mol.